The highest BCUT2D eigenvalue weighted by Gasteiger charge is 2.24. The maximum absolute atomic E-state index is 14.4. The van der Waals surface area contributed by atoms with Crippen molar-refractivity contribution in [1.82, 2.24) is 14.9 Å². The van der Waals surface area contributed by atoms with Gasteiger partial charge in [-0.25, -0.2) is 9.37 Å². The van der Waals surface area contributed by atoms with Crippen molar-refractivity contribution < 1.29 is 13.9 Å². The van der Waals surface area contributed by atoms with E-state index in [9.17, 15) is 9.18 Å². The van der Waals surface area contributed by atoms with Gasteiger partial charge in [-0.1, -0.05) is 45.7 Å². The summed E-state index contributed by atoms with van der Waals surface area (Å²) >= 11 is 9.55. The zero-order chi connectivity index (χ0) is 20.3. The molecule has 0 radical (unpaired) electrons. The van der Waals surface area contributed by atoms with Crippen LogP contribution in [-0.4, -0.2) is 22.1 Å². The van der Waals surface area contributed by atoms with Gasteiger partial charge in [-0.05, 0) is 30.7 Å². The zero-order valence-corrected chi connectivity index (χ0v) is 17.6. The molecule has 0 saturated carbocycles. The summed E-state index contributed by atoms with van der Waals surface area (Å²) in [6, 6.07) is 9.05. The molecule has 1 N–H and O–H groups in total. The predicted octanol–water partition coefficient (Wildman–Crippen LogP) is 4.57. The quantitative estimate of drug-likeness (QED) is 0.579. The molecule has 28 heavy (non-hydrogen) atoms. The second-order valence-corrected chi connectivity index (χ2v) is 7.56. The fourth-order valence-electron chi connectivity index (χ4n) is 2.86. The number of aryl methyl sites for hydroxylation is 2. The minimum absolute atomic E-state index is 0.266. The van der Waals surface area contributed by atoms with E-state index in [4.69, 9.17) is 16.3 Å². The van der Waals surface area contributed by atoms with Gasteiger partial charge in [0.15, 0.2) is 6.61 Å². The number of nitrogens with zero attached hydrogens (tertiary/aromatic N) is 2. The number of hydrogen-bond acceptors (Lipinski definition) is 3. The summed E-state index contributed by atoms with van der Waals surface area (Å²) in [7, 11) is 1.78. The maximum Gasteiger partial charge on any atom is 0.258 e. The molecule has 1 aromatic heterocycles. The van der Waals surface area contributed by atoms with Crippen molar-refractivity contribution >= 4 is 33.4 Å². The highest BCUT2D eigenvalue weighted by molar-refractivity contribution is 9.10. The monoisotopic (exact) mass is 465 g/mol. The number of ether oxygens (including phenoxy) is 1. The smallest absolute Gasteiger partial charge is 0.258 e. The van der Waals surface area contributed by atoms with Crippen LogP contribution in [0.5, 0.6) is 5.75 Å². The fraction of sp³-hybridized carbons (Fsp3) is 0.200. The van der Waals surface area contributed by atoms with E-state index >= 15 is 0 Å². The Morgan fingerprint density at radius 3 is 2.79 bits per heavy atom. The number of aromatic nitrogens is 2. The summed E-state index contributed by atoms with van der Waals surface area (Å²) in [5.74, 6) is 0.0916. The van der Waals surface area contributed by atoms with Crippen LogP contribution in [0.4, 0.5) is 4.39 Å². The second-order valence-electron chi connectivity index (χ2n) is 6.24. The molecule has 2 aromatic carbocycles. The van der Waals surface area contributed by atoms with E-state index in [0.717, 1.165) is 10.0 Å². The molecule has 1 atom stereocenters. The lowest BCUT2D eigenvalue weighted by molar-refractivity contribution is -0.123. The predicted molar refractivity (Wildman–Crippen MR) is 109 cm³/mol. The van der Waals surface area contributed by atoms with Crippen molar-refractivity contribution in [3.63, 3.8) is 0 Å². The number of rotatable bonds is 6. The Bertz CT molecular complexity index is 986. The lowest BCUT2D eigenvalue weighted by Gasteiger charge is -2.20. The number of amides is 1. The Kier molecular flexibility index (Phi) is 6.36. The van der Waals surface area contributed by atoms with E-state index in [1.165, 1.54) is 6.07 Å². The third-order valence-corrected chi connectivity index (χ3v) is 4.92. The van der Waals surface area contributed by atoms with Crippen molar-refractivity contribution in [3.8, 4) is 5.75 Å². The summed E-state index contributed by atoms with van der Waals surface area (Å²) in [6.07, 6.45) is 3.33. The molecule has 3 rings (SSSR count). The van der Waals surface area contributed by atoms with Crippen LogP contribution in [0.3, 0.4) is 0 Å². The minimum atomic E-state index is -0.751. The number of halogens is 3. The third-order valence-electron chi connectivity index (χ3n) is 4.18. The molecular formula is C20H18BrClFN3O2. The van der Waals surface area contributed by atoms with E-state index in [2.05, 4.69) is 26.2 Å². The maximum atomic E-state index is 14.4. The van der Waals surface area contributed by atoms with Crippen LogP contribution in [-0.2, 0) is 11.8 Å². The molecule has 146 valence electrons. The van der Waals surface area contributed by atoms with Gasteiger partial charge < -0.3 is 14.6 Å². The Hall–Kier alpha value is -2.38. The molecule has 8 heteroatoms. The molecule has 0 aliphatic rings. The van der Waals surface area contributed by atoms with E-state index < -0.39 is 17.8 Å². The number of nitrogens with one attached hydrogen (secondary N) is 1. The number of hydrogen-bond donors (Lipinski definition) is 1. The van der Waals surface area contributed by atoms with Gasteiger partial charge in [-0.15, -0.1) is 0 Å². The van der Waals surface area contributed by atoms with E-state index in [1.54, 1.807) is 48.3 Å². The van der Waals surface area contributed by atoms with Crippen molar-refractivity contribution in [3.05, 3.63) is 81.1 Å². The fourth-order valence-corrected chi connectivity index (χ4v) is 3.88. The van der Waals surface area contributed by atoms with Crippen LogP contribution in [0.25, 0.3) is 0 Å². The molecule has 5 nitrogen and oxygen atoms in total. The van der Waals surface area contributed by atoms with E-state index in [0.29, 0.717) is 22.2 Å². The van der Waals surface area contributed by atoms with Gasteiger partial charge in [0.2, 0.25) is 0 Å². The van der Waals surface area contributed by atoms with Gasteiger partial charge in [0.05, 0.1) is 5.02 Å². The highest BCUT2D eigenvalue weighted by atomic mass is 79.9. The lowest BCUT2D eigenvalue weighted by atomic mass is 10.1. The normalized spacial score (nSPS) is 11.9. The van der Waals surface area contributed by atoms with Crippen LogP contribution < -0.4 is 10.1 Å². The van der Waals surface area contributed by atoms with Crippen molar-refractivity contribution in [1.29, 1.82) is 0 Å². The van der Waals surface area contributed by atoms with E-state index in [1.807, 2.05) is 13.0 Å². The SMILES string of the molecule is Cc1cc(Br)cc(Cl)c1OCC(=O)N[C@@H](c1ccccc1F)c1nccn1C. The van der Waals surface area contributed by atoms with Crippen molar-refractivity contribution in [2.24, 2.45) is 7.05 Å². The van der Waals surface area contributed by atoms with Crippen molar-refractivity contribution in [2.45, 2.75) is 13.0 Å². The van der Waals surface area contributed by atoms with Gasteiger partial charge >= 0.3 is 0 Å². The van der Waals surface area contributed by atoms with Crippen LogP contribution in [0.1, 0.15) is 23.0 Å². The second kappa shape index (κ2) is 8.75. The van der Waals surface area contributed by atoms with Crippen LogP contribution >= 0.6 is 27.5 Å². The molecule has 0 fully saturated rings. The first-order valence-electron chi connectivity index (χ1n) is 8.46. The average Bonchev–Trinajstić information content (AvgIpc) is 3.05. The number of carbonyl (C=O) groups is 1. The lowest BCUT2D eigenvalue weighted by Crippen LogP contribution is -2.35. The van der Waals surface area contributed by atoms with Gasteiger partial charge in [-0.2, -0.15) is 0 Å². The summed E-state index contributed by atoms with van der Waals surface area (Å²) in [5, 5.41) is 3.20. The molecule has 0 saturated heterocycles. The molecule has 3 aromatic rings. The molecule has 0 aliphatic carbocycles. The first-order valence-corrected chi connectivity index (χ1v) is 9.63. The topological polar surface area (TPSA) is 56.1 Å². The van der Waals surface area contributed by atoms with E-state index in [-0.39, 0.29) is 6.61 Å². The zero-order valence-electron chi connectivity index (χ0n) is 15.2. The Morgan fingerprint density at radius 2 is 2.14 bits per heavy atom. The first-order chi connectivity index (χ1) is 13.4. The Balaban J connectivity index is 1.79. The molecule has 0 unspecified atom stereocenters. The standard InChI is InChI=1S/C20H18BrClFN3O2/c1-12-9-13(21)10-15(22)19(12)28-11-17(27)25-18(20-24-7-8-26(20)2)14-5-3-4-6-16(14)23/h3-10,18H,11H2,1-2H3,(H,25,27)/t18-/m0/s1. The Morgan fingerprint density at radius 1 is 1.39 bits per heavy atom. The van der Waals surface area contributed by atoms with Gasteiger partial charge in [-0.3, -0.25) is 4.79 Å². The van der Waals surface area contributed by atoms with Gasteiger partial charge in [0.1, 0.15) is 23.4 Å². The summed E-state index contributed by atoms with van der Waals surface area (Å²) in [5.41, 5.74) is 1.12. The number of benzene rings is 2. The van der Waals surface area contributed by atoms with Crippen LogP contribution in [0.15, 0.2) is 53.3 Å². The largest absolute Gasteiger partial charge is 0.482 e. The molecule has 1 amide bonds. The van der Waals surface area contributed by atoms with Gasteiger partial charge in [0, 0.05) is 29.5 Å². The Labute approximate surface area is 175 Å². The number of carbonyl (C=O) groups excluding carboxylic acids is 1. The summed E-state index contributed by atoms with van der Waals surface area (Å²) < 4.78 is 22.5. The van der Waals surface area contributed by atoms with Crippen LogP contribution in [0, 0.1) is 12.7 Å². The van der Waals surface area contributed by atoms with Gasteiger partial charge in [0.25, 0.3) is 5.91 Å². The molecule has 0 aliphatic heterocycles. The molecule has 0 bridgehead atoms. The third kappa shape index (κ3) is 4.54. The molecular weight excluding hydrogens is 449 g/mol. The highest BCUT2D eigenvalue weighted by Crippen LogP contribution is 2.32. The van der Waals surface area contributed by atoms with Crippen LogP contribution in [0.2, 0.25) is 5.02 Å². The summed E-state index contributed by atoms with van der Waals surface area (Å²) in [4.78, 5) is 16.8. The van der Waals surface area contributed by atoms with Crippen molar-refractivity contribution in [2.75, 3.05) is 6.61 Å². The first kappa shape index (κ1) is 20.4. The number of imidazole rings is 1. The summed E-state index contributed by atoms with van der Waals surface area (Å²) in [6.45, 7) is 1.57. The molecule has 0 spiro atoms. The minimum Gasteiger partial charge on any atom is -0.482 e. The average molecular weight is 467 g/mol. The molecule has 1 heterocycles.